The highest BCUT2D eigenvalue weighted by Gasteiger charge is 2.19. The van der Waals surface area contributed by atoms with E-state index in [1.165, 1.54) is 12.1 Å². The first-order chi connectivity index (χ1) is 11.8. The fourth-order valence-corrected chi connectivity index (χ4v) is 2.86. The second kappa shape index (κ2) is 9.15. The Bertz CT molecular complexity index is 535. The van der Waals surface area contributed by atoms with Crippen LogP contribution in [0.25, 0.3) is 0 Å². The molecule has 1 saturated heterocycles. The number of halogens is 1. The molecule has 25 heavy (non-hydrogen) atoms. The topological polar surface area (TPSA) is 53.6 Å². The molecule has 0 aliphatic carbocycles. The number of hydrogen-bond donors (Lipinski definition) is 2. The van der Waals surface area contributed by atoms with E-state index in [0.29, 0.717) is 12.6 Å². The van der Waals surface area contributed by atoms with Crippen molar-refractivity contribution in [1.82, 2.24) is 15.5 Å². The van der Waals surface area contributed by atoms with Gasteiger partial charge >= 0.3 is 6.09 Å². The van der Waals surface area contributed by atoms with Gasteiger partial charge < -0.3 is 20.3 Å². The first kappa shape index (κ1) is 19.7. The summed E-state index contributed by atoms with van der Waals surface area (Å²) in [6.07, 6.45) is 1.80. The lowest BCUT2D eigenvalue weighted by Crippen LogP contribution is -2.45. The summed E-state index contributed by atoms with van der Waals surface area (Å²) in [4.78, 5) is 14.0. The van der Waals surface area contributed by atoms with Crippen LogP contribution in [0.1, 0.15) is 39.2 Å². The zero-order valence-corrected chi connectivity index (χ0v) is 15.5. The predicted molar refractivity (Wildman–Crippen MR) is 96.9 cm³/mol. The second-order valence-electron chi connectivity index (χ2n) is 7.55. The summed E-state index contributed by atoms with van der Waals surface area (Å²) in [5.41, 5.74) is 0.643. The van der Waals surface area contributed by atoms with E-state index in [1.807, 2.05) is 32.9 Å². The lowest BCUT2D eigenvalue weighted by molar-refractivity contribution is 0.0519. The maximum Gasteiger partial charge on any atom is 0.407 e. The lowest BCUT2D eigenvalue weighted by Gasteiger charge is -2.32. The van der Waals surface area contributed by atoms with Crippen molar-refractivity contribution in [2.24, 2.45) is 0 Å². The minimum absolute atomic E-state index is 0.197. The number of rotatable bonds is 6. The first-order valence-electron chi connectivity index (χ1n) is 8.99. The van der Waals surface area contributed by atoms with Crippen LogP contribution in [0.3, 0.4) is 0 Å². The summed E-state index contributed by atoms with van der Waals surface area (Å²) in [6, 6.07) is 7.12. The minimum atomic E-state index is -0.460. The van der Waals surface area contributed by atoms with Gasteiger partial charge in [0.05, 0.1) is 0 Å². The summed E-state index contributed by atoms with van der Waals surface area (Å²) in [7, 11) is 0. The Morgan fingerprint density at radius 1 is 1.24 bits per heavy atom. The summed E-state index contributed by atoms with van der Waals surface area (Å²) in [5, 5.41) is 6.34. The van der Waals surface area contributed by atoms with Crippen molar-refractivity contribution in [3.05, 3.63) is 35.6 Å². The molecule has 1 aliphatic rings. The van der Waals surface area contributed by atoms with Crippen molar-refractivity contribution in [2.75, 3.05) is 26.2 Å². The molecule has 1 fully saturated rings. The van der Waals surface area contributed by atoms with Crippen LogP contribution in [0, 0.1) is 5.82 Å². The highest BCUT2D eigenvalue weighted by atomic mass is 19.1. The van der Waals surface area contributed by atoms with Gasteiger partial charge in [0.25, 0.3) is 0 Å². The zero-order valence-electron chi connectivity index (χ0n) is 15.5. The molecule has 1 aromatic rings. The second-order valence-corrected chi connectivity index (χ2v) is 7.55. The number of carbonyl (C=O) groups is 1. The Hall–Kier alpha value is -1.66. The Kier molecular flexibility index (Phi) is 7.20. The standard InChI is InChI=1S/C19H30FN3O2/c1-19(2,3)25-18(24)21-10-13-23-11-8-17(9-12-23)22-14-15-4-6-16(20)7-5-15/h4-7,17,22H,8-14H2,1-3H3,(H,21,24). The van der Waals surface area contributed by atoms with E-state index in [-0.39, 0.29) is 11.9 Å². The average molecular weight is 351 g/mol. The van der Waals surface area contributed by atoms with Crippen LogP contribution >= 0.6 is 0 Å². The van der Waals surface area contributed by atoms with E-state index in [4.69, 9.17) is 4.74 Å². The molecule has 1 aliphatic heterocycles. The smallest absolute Gasteiger partial charge is 0.407 e. The normalized spacial score (nSPS) is 16.6. The summed E-state index contributed by atoms with van der Waals surface area (Å²) >= 11 is 0. The van der Waals surface area contributed by atoms with Crippen LogP contribution in [-0.4, -0.2) is 48.8 Å². The number of amides is 1. The van der Waals surface area contributed by atoms with Crippen molar-refractivity contribution in [1.29, 1.82) is 0 Å². The van der Waals surface area contributed by atoms with Crippen molar-refractivity contribution in [3.63, 3.8) is 0 Å². The number of carbonyl (C=O) groups excluding carboxylic acids is 1. The number of alkyl carbamates (subject to hydrolysis) is 1. The minimum Gasteiger partial charge on any atom is -0.444 e. The van der Waals surface area contributed by atoms with Gasteiger partial charge in [-0.1, -0.05) is 12.1 Å². The molecule has 1 amide bonds. The molecule has 2 rings (SSSR count). The number of piperidine rings is 1. The highest BCUT2D eigenvalue weighted by Crippen LogP contribution is 2.11. The number of nitrogens with one attached hydrogen (secondary N) is 2. The number of ether oxygens (including phenoxy) is 1. The maximum atomic E-state index is 12.9. The Morgan fingerprint density at radius 2 is 1.88 bits per heavy atom. The molecule has 0 bridgehead atoms. The van der Waals surface area contributed by atoms with Crippen molar-refractivity contribution >= 4 is 6.09 Å². The quantitative estimate of drug-likeness (QED) is 0.827. The van der Waals surface area contributed by atoms with Gasteiger partial charge in [0.1, 0.15) is 11.4 Å². The van der Waals surface area contributed by atoms with Gasteiger partial charge in [-0.3, -0.25) is 0 Å². The Balaban J connectivity index is 1.58. The van der Waals surface area contributed by atoms with Crippen LogP contribution in [0.4, 0.5) is 9.18 Å². The molecule has 6 heteroatoms. The Labute approximate surface area is 149 Å². The molecule has 140 valence electrons. The van der Waals surface area contributed by atoms with Gasteiger partial charge in [-0.15, -0.1) is 0 Å². The lowest BCUT2D eigenvalue weighted by atomic mass is 10.0. The fraction of sp³-hybridized carbons (Fsp3) is 0.632. The summed E-state index contributed by atoms with van der Waals surface area (Å²) in [5.74, 6) is -0.197. The van der Waals surface area contributed by atoms with Crippen molar-refractivity contribution in [3.8, 4) is 0 Å². The molecule has 0 spiro atoms. The summed E-state index contributed by atoms with van der Waals surface area (Å²) in [6.45, 7) is 9.80. The number of hydrogen-bond acceptors (Lipinski definition) is 4. The molecule has 0 unspecified atom stereocenters. The average Bonchev–Trinajstić information content (AvgIpc) is 2.54. The SMILES string of the molecule is CC(C)(C)OC(=O)NCCN1CCC(NCc2ccc(F)cc2)CC1. The van der Waals surface area contributed by atoms with E-state index < -0.39 is 5.60 Å². The van der Waals surface area contributed by atoms with Crippen LogP contribution in [0.2, 0.25) is 0 Å². The van der Waals surface area contributed by atoms with Gasteiger partial charge in [0.15, 0.2) is 0 Å². The molecule has 0 radical (unpaired) electrons. The van der Waals surface area contributed by atoms with Gasteiger partial charge in [-0.2, -0.15) is 0 Å². The molecular formula is C19H30FN3O2. The summed E-state index contributed by atoms with van der Waals surface area (Å²) < 4.78 is 18.1. The number of benzene rings is 1. The predicted octanol–water partition coefficient (Wildman–Crippen LogP) is 2.90. The van der Waals surface area contributed by atoms with Gasteiger partial charge in [-0.05, 0) is 64.4 Å². The third-order valence-corrected chi connectivity index (χ3v) is 4.19. The van der Waals surface area contributed by atoms with Crippen LogP contribution in [0.15, 0.2) is 24.3 Å². The van der Waals surface area contributed by atoms with E-state index in [9.17, 15) is 9.18 Å². The molecule has 2 N–H and O–H groups in total. The highest BCUT2D eigenvalue weighted by molar-refractivity contribution is 5.67. The third kappa shape index (κ3) is 7.84. The third-order valence-electron chi connectivity index (χ3n) is 4.19. The Morgan fingerprint density at radius 3 is 2.48 bits per heavy atom. The monoisotopic (exact) mass is 351 g/mol. The maximum absolute atomic E-state index is 12.9. The van der Waals surface area contributed by atoms with Gasteiger partial charge in [0, 0.05) is 25.7 Å². The number of likely N-dealkylation sites (tertiary alicyclic amines) is 1. The largest absolute Gasteiger partial charge is 0.444 e. The van der Waals surface area contributed by atoms with E-state index in [0.717, 1.165) is 44.6 Å². The van der Waals surface area contributed by atoms with Crippen LogP contribution < -0.4 is 10.6 Å². The van der Waals surface area contributed by atoms with Gasteiger partial charge in [-0.25, -0.2) is 9.18 Å². The van der Waals surface area contributed by atoms with Crippen LogP contribution in [-0.2, 0) is 11.3 Å². The molecule has 1 aromatic carbocycles. The molecule has 0 atom stereocenters. The fourth-order valence-electron chi connectivity index (χ4n) is 2.86. The van der Waals surface area contributed by atoms with Gasteiger partial charge in [0.2, 0.25) is 0 Å². The van der Waals surface area contributed by atoms with Crippen molar-refractivity contribution < 1.29 is 13.9 Å². The molecule has 1 heterocycles. The molecule has 0 aromatic heterocycles. The van der Waals surface area contributed by atoms with Crippen molar-refractivity contribution in [2.45, 2.75) is 51.8 Å². The molecule has 5 nitrogen and oxygen atoms in total. The van der Waals surface area contributed by atoms with E-state index >= 15 is 0 Å². The number of nitrogens with zero attached hydrogens (tertiary/aromatic N) is 1. The van der Waals surface area contributed by atoms with Crippen LogP contribution in [0.5, 0.6) is 0 Å². The zero-order chi connectivity index (χ0) is 18.3. The molecule has 0 saturated carbocycles. The molecular weight excluding hydrogens is 321 g/mol. The van der Waals surface area contributed by atoms with E-state index in [2.05, 4.69) is 15.5 Å². The first-order valence-corrected chi connectivity index (χ1v) is 8.99. The van der Waals surface area contributed by atoms with E-state index in [1.54, 1.807) is 0 Å².